The molecule has 32 heavy (non-hydrogen) atoms. The molecule has 2 N–H and O–H groups in total. The molecular weight excluding hydrogens is 438 g/mol. The molecule has 0 aromatic heterocycles. The topological polar surface area (TPSA) is 142 Å². The van der Waals surface area contributed by atoms with Crippen molar-refractivity contribution < 1.29 is 22.9 Å². The van der Waals surface area contributed by atoms with Gasteiger partial charge in [0.25, 0.3) is 5.69 Å². The maximum absolute atomic E-state index is 12.8. The van der Waals surface area contributed by atoms with E-state index in [1.807, 2.05) is 30.3 Å². The molecule has 2 aromatic carbocycles. The van der Waals surface area contributed by atoms with Gasteiger partial charge < -0.3 is 5.32 Å². The first-order valence-electron chi connectivity index (χ1n) is 9.85. The van der Waals surface area contributed by atoms with Gasteiger partial charge in [-0.15, -0.1) is 0 Å². The Morgan fingerprint density at radius 3 is 2.25 bits per heavy atom. The first kappa shape index (κ1) is 23.3. The van der Waals surface area contributed by atoms with E-state index in [1.165, 1.54) is 18.2 Å². The van der Waals surface area contributed by atoms with Gasteiger partial charge in [-0.1, -0.05) is 42.5 Å². The number of amides is 3. The summed E-state index contributed by atoms with van der Waals surface area (Å²) in [6.07, 6.45) is 0. The van der Waals surface area contributed by atoms with Crippen LogP contribution < -0.4 is 10.6 Å². The minimum absolute atomic E-state index is 0.0713. The second-order valence-electron chi connectivity index (χ2n) is 7.12. The van der Waals surface area contributed by atoms with E-state index in [1.54, 1.807) is 4.90 Å². The minimum Gasteiger partial charge on any atom is -0.334 e. The highest BCUT2D eigenvalue weighted by Gasteiger charge is 2.33. The lowest BCUT2D eigenvalue weighted by Gasteiger charge is -2.33. The van der Waals surface area contributed by atoms with E-state index in [0.29, 0.717) is 0 Å². The van der Waals surface area contributed by atoms with Gasteiger partial charge in [0.05, 0.1) is 11.5 Å². The number of benzene rings is 2. The van der Waals surface area contributed by atoms with Crippen LogP contribution in [0.15, 0.2) is 59.5 Å². The van der Waals surface area contributed by atoms with Crippen LogP contribution in [0.5, 0.6) is 0 Å². The number of nitro groups is 1. The molecule has 0 spiro atoms. The number of nitrogens with one attached hydrogen (secondary N) is 2. The van der Waals surface area contributed by atoms with E-state index >= 15 is 0 Å². The van der Waals surface area contributed by atoms with Gasteiger partial charge in [0.2, 0.25) is 15.9 Å². The van der Waals surface area contributed by atoms with Crippen molar-refractivity contribution in [1.82, 2.24) is 19.8 Å². The molecule has 0 atom stereocenters. The molecule has 0 aliphatic carbocycles. The summed E-state index contributed by atoms with van der Waals surface area (Å²) >= 11 is 0. The molecule has 2 aromatic rings. The van der Waals surface area contributed by atoms with Crippen molar-refractivity contribution in [3.63, 3.8) is 0 Å². The van der Waals surface area contributed by atoms with Crippen molar-refractivity contribution in [3.8, 4) is 0 Å². The fraction of sp³-hybridized carbons (Fsp3) is 0.300. The third kappa shape index (κ3) is 5.87. The number of nitrogens with zero attached hydrogens (tertiary/aromatic N) is 3. The zero-order valence-corrected chi connectivity index (χ0v) is 18.0. The Morgan fingerprint density at radius 2 is 1.59 bits per heavy atom. The Balaban J connectivity index is 1.49. The fourth-order valence-corrected chi connectivity index (χ4v) is 4.86. The van der Waals surface area contributed by atoms with Crippen LogP contribution in [0.25, 0.3) is 0 Å². The molecule has 0 unspecified atom stereocenters. The summed E-state index contributed by atoms with van der Waals surface area (Å²) < 4.78 is 26.9. The van der Waals surface area contributed by atoms with Crippen LogP contribution in [0, 0.1) is 10.1 Å². The monoisotopic (exact) mass is 461 g/mol. The number of imide groups is 1. The second kappa shape index (κ2) is 10.3. The van der Waals surface area contributed by atoms with Crippen molar-refractivity contribution in [1.29, 1.82) is 0 Å². The van der Waals surface area contributed by atoms with E-state index in [2.05, 4.69) is 10.6 Å². The van der Waals surface area contributed by atoms with Gasteiger partial charge in [-0.25, -0.2) is 13.2 Å². The molecule has 0 radical (unpaired) electrons. The third-order valence-corrected chi connectivity index (χ3v) is 6.87. The number of carbonyl (C=O) groups excluding carboxylic acids is 2. The maximum Gasteiger partial charge on any atom is 0.321 e. The van der Waals surface area contributed by atoms with Gasteiger partial charge in [0, 0.05) is 38.8 Å². The largest absolute Gasteiger partial charge is 0.334 e. The summed E-state index contributed by atoms with van der Waals surface area (Å²) in [5.74, 6) is -0.509. The summed E-state index contributed by atoms with van der Waals surface area (Å²) in [4.78, 5) is 35.8. The molecular formula is C20H23N5O6S. The predicted octanol–water partition coefficient (Wildman–Crippen LogP) is 0.927. The zero-order valence-electron chi connectivity index (χ0n) is 17.1. The number of hydrogen-bond donors (Lipinski definition) is 2. The number of sulfonamides is 1. The number of urea groups is 1. The molecule has 0 saturated carbocycles. The van der Waals surface area contributed by atoms with Crippen LogP contribution in [-0.4, -0.2) is 67.2 Å². The number of para-hydroxylation sites is 1. The van der Waals surface area contributed by atoms with Crippen LogP contribution in [0.1, 0.15) is 5.56 Å². The van der Waals surface area contributed by atoms with Crippen molar-refractivity contribution in [2.24, 2.45) is 0 Å². The van der Waals surface area contributed by atoms with Crippen LogP contribution >= 0.6 is 0 Å². The maximum atomic E-state index is 12.8. The van der Waals surface area contributed by atoms with E-state index in [9.17, 15) is 28.1 Å². The minimum atomic E-state index is -4.04. The number of piperazine rings is 1. The van der Waals surface area contributed by atoms with Crippen LogP contribution in [0.4, 0.5) is 10.5 Å². The van der Waals surface area contributed by atoms with Crippen LogP contribution in [0.2, 0.25) is 0 Å². The van der Waals surface area contributed by atoms with Crippen molar-refractivity contribution in [3.05, 3.63) is 70.3 Å². The van der Waals surface area contributed by atoms with Gasteiger partial charge in [-0.3, -0.25) is 25.1 Å². The number of rotatable bonds is 7. The van der Waals surface area contributed by atoms with Gasteiger partial charge in [-0.05, 0) is 11.6 Å². The van der Waals surface area contributed by atoms with E-state index in [4.69, 9.17) is 0 Å². The molecule has 1 saturated heterocycles. The molecule has 12 heteroatoms. The molecule has 3 amide bonds. The molecule has 1 fully saturated rings. The first-order chi connectivity index (χ1) is 15.3. The quantitative estimate of drug-likeness (QED) is 0.461. The smallest absolute Gasteiger partial charge is 0.321 e. The Bertz CT molecular complexity index is 1080. The van der Waals surface area contributed by atoms with Crippen molar-refractivity contribution >= 4 is 27.6 Å². The summed E-state index contributed by atoms with van der Waals surface area (Å²) in [6.45, 7) is 0.849. The fourth-order valence-electron chi connectivity index (χ4n) is 3.28. The van der Waals surface area contributed by atoms with Gasteiger partial charge in [-0.2, -0.15) is 4.31 Å². The van der Waals surface area contributed by atoms with Crippen LogP contribution in [-0.2, 0) is 21.4 Å². The molecule has 170 valence electrons. The summed E-state index contributed by atoms with van der Waals surface area (Å²) in [5, 5.41) is 16.0. The Kier molecular flexibility index (Phi) is 7.51. The average molecular weight is 462 g/mol. The standard InChI is InChI=1S/C20H23N5O6S/c26-19(22-20(27)21-14-16-6-2-1-3-7-16)15-23-10-12-24(13-11-23)32(30,31)18-9-5-4-8-17(18)25(28)29/h1-9H,10-15H2,(H2,21,22,26,27). The second-order valence-corrected chi connectivity index (χ2v) is 9.03. The van der Waals surface area contributed by atoms with Gasteiger partial charge >= 0.3 is 6.03 Å². The number of nitro benzene ring substituents is 1. The van der Waals surface area contributed by atoms with E-state index in [0.717, 1.165) is 15.9 Å². The van der Waals surface area contributed by atoms with Gasteiger partial charge in [0.1, 0.15) is 0 Å². The summed E-state index contributed by atoms with van der Waals surface area (Å²) in [6, 6.07) is 13.8. The SMILES string of the molecule is O=C(CN1CCN(S(=O)(=O)c2ccccc2[N+](=O)[O-])CC1)NC(=O)NCc1ccccc1. The number of hydrogen-bond acceptors (Lipinski definition) is 7. The lowest BCUT2D eigenvalue weighted by atomic mass is 10.2. The molecule has 1 aliphatic heterocycles. The molecule has 1 heterocycles. The van der Waals surface area contributed by atoms with Crippen molar-refractivity contribution in [2.75, 3.05) is 32.7 Å². The summed E-state index contributed by atoms with van der Waals surface area (Å²) in [7, 11) is -4.04. The number of carbonyl (C=O) groups is 2. The summed E-state index contributed by atoms with van der Waals surface area (Å²) in [5.41, 5.74) is 0.418. The van der Waals surface area contributed by atoms with Gasteiger partial charge in [0.15, 0.2) is 4.90 Å². The predicted molar refractivity (Wildman–Crippen MR) is 115 cm³/mol. The first-order valence-corrected chi connectivity index (χ1v) is 11.3. The Labute approximate surface area is 185 Å². The highest BCUT2D eigenvalue weighted by molar-refractivity contribution is 7.89. The lowest BCUT2D eigenvalue weighted by molar-refractivity contribution is -0.387. The highest BCUT2D eigenvalue weighted by Crippen LogP contribution is 2.26. The van der Waals surface area contributed by atoms with Crippen LogP contribution in [0.3, 0.4) is 0 Å². The van der Waals surface area contributed by atoms with E-state index in [-0.39, 0.29) is 44.2 Å². The molecule has 11 nitrogen and oxygen atoms in total. The highest BCUT2D eigenvalue weighted by atomic mass is 32.2. The van der Waals surface area contributed by atoms with Crippen molar-refractivity contribution in [2.45, 2.75) is 11.4 Å². The third-order valence-electron chi connectivity index (χ3n) is 4.93. The molecule has 3 rings (SSSR count). The normalized spacial score (nSPS) is 15.1. The Morgan fingerprint density at radius 1 is 0.969 bits per heavy atom. The lowest BCUT2D eigenvalue weighted by Crippen LogP contribution is -2.52. The zero-order chi connectivity index (χ0) is 23.1. The van der Waals surface area contributed by atoms with E-state index < -0.39 is 32.6 Å². The molecule has 0 bridgehead atoms. The molecule has 1 aliphatic rings. The Hall–Kier alpha value is -3.35. The average Bonchev–Trinajstić information content (AvgIpc) is 2.78.